The number of thiophene rings is 1. The van der Waals surface area contributed by atoms with Crippen LogP contribution in [0, 0.1) is 22.7 Å². The molecule has 0 radical (unpaired) electrons. The predicted molar refractivity (Wildman–Crippen MR) is 161 cm³/mol. The number of hydrogen-bond acceptors (Lipinski definition) is 5. The Bertz CT molecular complexity index is 1810. The van der Waals surface area contributed by atoms with Crippen molar-refractivity contribution in [3.8, 4) is 22.6 Å². The zero-order chi connectivity index (χ0) is 27.5. The molecule has 1 aromatic heterocycles. The van der Waals surface area contributed by atoms with E-state index < -0.39 is 0 Å². The summed E-state index contributed by atoms with van der Waals surface area (Å²) in [6, 6.07) is 44.0. The van der Waals surface area contributed by atoms with E-state index in [2.05, 4.69) is 53.4 Å². The molecule has 1 aliphatic rings. The van der Waals surface area contributed by atoms with Gasteiger partial charge in [-0.2, -0.15) is 10.5 Å². The van der Waals surface area contributed by atoms with E-state index in [1.807, 2.05) is 66.7 Å². The van der Waals surface area contributed by atoms with Crippen molar-refractivity contribution in [1.29, 1.82) is 10.5 Å². The van der Waals surface area contributed by atoms with Crippen LogP contribution in [0.25, 0.3) is 22.1 Å². The van der Waals surface area contributed by atoms with Gasteiger partial charge in [0, 0.05) is 43.5 Å². The molecule has 1 heterocycles. The number of benzene rings is 4. The van der Waals surface area contributed by atoms with Gasteiger partial charge in [0.15, 0.2) is 5.78 Å². The van der Waals surface area contributed by atoms with Crippen molar-refractivity contribution in [3.05, 3.63) is 148 Å². The Balaban J connectivity index is 1.34. The molecule has 0 bridgehead atoms. The predicted octanol–water partition coefficient (Wildman–Crippen LogP) is 8.97. The number of fused-ring (bicyclic) bond motifs is 1. The van der Waals surface area contributed by atoms with Crippen molar-refractivity contribution >= 4 is 45.8 Å². The lowest BCUT2D eigenvalue weighted by molar-refractivity contribution is 0.104. The maximum absolute atomic E-state index is 13.2. The number of hydrogen-bond donors (Lipinski definition) is 0. The topological polar surface area (TPSA) is 67.9 Å². The van der Waals surface area contributed by atoms with Crippen LogP contribution >= 0.6 is 11.3 Å². The lowest BCUT2D eigenvalue weighted by Crippen LogP contribution is -2.09. The number of ketones is 1. The summed E-state index contributed by atoms with van der Waals surface area (Å²) in [5.74, 6) is -0.171. The molecular formula is C35H21N3OS. The van der Waals surface area contributed by atoms with Gasteiger partial charge in [-0.3, -0.25) is 4.79 Å². The van der Waals surface area contributed by atoms with Gasteiger partial charge in [-0.1, -0.05) is 72.8 Å². The Morgan fingerprint density at radius 2 is 1.20 bits per heavy atom. The fourth-order valence-corrected chi connectivity index (χ4v) is 5.91. The van der Waals surface area contributed by atoms with Crippen LogP contribution in [-0.2, 0) is 0 Å². The van der Waals surface area contributed by atoms with E-state index in [0.717, 1.165) is 32.4 Å². The lowest BCUT2D eigenvalue weighted by atomic mass is 9.99. The number of allylic oxidation sites excluding steroid dienone is 3. The minimum atomic E-state index is -0.171. The van der Waals surface area contributed by atoms with Gasteiger partial charge in [0.25, 0.3) is 0 Å². The van der Waals surface area contributed by atoms with Crippen LogP contribution in [0.5, 0.6) is 0 Å². The first-order chi connectivity index (χ1) is 19.7. The fourth-order valence-electron chi connectivity index (χ4n) is 4.95. The third kappa shape index (κ3) is 4.52. The molecule has 0 saturated carbocycles. The minimum absolute atomic E-state index is 0.0571. The van der Waals surface area contributed by atoms with Gasteiger partial charge in [0.1, 0.15) is 17.7 Å². The van der Waals surface area contributed by atoms with Crippen molar-refractivity contribution in [1.82, 2.24) is 0 Å². The van der Waals surface area contributed by atoms with Gasteiger partial charge in [-0.05, 0) is 65.7 Å². The highest BCUT2D eigenvalue weighted by Crippen LogP contribution is 2.41. The summed E-state index contributed by atoms with van der Waals surface area (Å²) in [4.78, 5) is 17.4. The second kappa shape index (κ2) is 10.7. The molecule has 0 saturated heterocycles. The van der Waals surface area contributed by atoms with Crippen LogP contribution in [0.2, 0.25) is 0 Å². The average molecular weight is 532 g/mol. The molecule has 0 fully saturated rings. The number of para-hydroxylation sites is 2. The molecule has 4 aromatic carbocycles. The molecule has 0 atom stereocenters. The summed E-state index contributed by atoms with van der Waals surface area (Å²) < 4.78 is 0. The van der Waals surface area contributed by atoms with E-state index in [1.165, 1.54) is 0 Å². The van der Waals surface area contributed by atoms with Crippen LogP contribution in [0.15, 0.2) is 132 Å². The van der Waals surface area contributed by atoms with E-state index in [4.69, 9.17) is 0 Å². The lowest BCUT2D eigenvalue weighted by Gasteiger charge is -2.25. The van der Waals surface area contributed by atoms with Crippen molar-refractivity contribution in [3.63, 3.8) is 0 Å². The Kier molecular flexibility index (Phi) is 6.65. The van der Waals surface area contributed by atoms with Crippen LogP contribution < -0.4 is 4.90 Å². The number of Topliss-reactive ketones (excluding diaryl/α,β-unsaturated/α-hetero) is 1. The zero-order valence-corrected chi connectivity index (χ0v) is 22.1. The van der Waals surface area contributed by atoms with Crippen molar-refractivity contribution < 1.29 is 4.79 Å². The van der Waals surface area contributed by atoms with Crippen molar-refractivity contribution in [2.75, 3.05) is 4.90 Å². The van der Waals surface area contributed by atoms with Gasteiger partial charge in [0.2, 0.25) is 0 Å². The van der Waals surface area contributed by atoms with Gasteiger partial charge >= 0.3 is 0 Å². The van der Waals surface area contributed by atoms with E-state index in [1.54, 1.807) is 35.6 Å². The molecule has 0 spiro atoms. The average Bonchev–Trinajstić information content (AvgIpc) is 3.59. The summed E-state index contributed by atoms with van der Waals surface area (Å²) in [7, 11) is 0. The van der Waals surface area contributed by atoms with E-state index in [9.17, 15) is 15.3 Å². The molecule has 0 amide bonds. The highest BCUT2D eigenvalue weighted by molar-refractivity contribution is 7.16. The Morgan fingerprint density at radius 3 is 1.80 bits per heavy atom. The molecule has 6 rings (SSSR count). The first-order valence-corrected chi connectivity index (χ1v) is 13.5. The van der Waals surface area contributed by atoms with Crippen LogP contribution in [0.4, 0.5) is 17.1 Å². The summed E-state index contributed by atoms with van der Waals surface area (Å²) in [6.45, 7) is 0. The zero-order valence-electron chi connectivity index (χ0n) is 21.3. The molecule has 0 aliphatic heterocycles. The second-order valence-electron chi connectivity index (χ2n) is 9.16. The highest BCUT2D eigenvalue weighted by atomic mass is 32.1. The standard InChI is InChI=1S/C35H21N3OS/c36-22-25(23-37)34-30-13-7-8-14-31(30)35(39)32(34)21-29-19-20-33(40-29)24-15-17-28(18-16-24)38(26-9-3-1-4-10-26)27-11-5-2-6-12-27/h1-21H/b32-21+. The number of nitriles is 2. The van der Waals surface area contributed by atoms with Crippen molar-refractivity contribution in [2.45, 2.75) is 0 Å². The van der Waals surface area contributed by atoms with Gasteiger partial charge in [-0.15, -0.1) is 11.3 Å². The molecule has 5 heteroatoms. The van der Waals surface area contributed by atoms with E-state index in [0.29, 0.717) is 22.3 Å². The summed E-state index contributed by atoms with van der Waals surface area (Å²) >= 11 is 1.56. The smallest absolute Gasteiger partial charge is 0.194 e. The van der Waals surface area contributed by atoms with Crippen molar-refractivity contribution in [2.24, 2.45) is 0 Å². The normalized spacial score (nSPS) is 13.0. The van der Waals surface area contributed by atoms with Crippen LogP contribution in [0.1, 0.15) is 20.8 Å². The molecule has 4 nitrogen and oxygen atoms in total. The Morgan fingerprint density at radius 1 is 0.650 bits per heavy atom. The number of anilines is 3. The largest absolute Gasteiger partial charge is 0.311 e. The Labute approximate surface area is 236 Å². The van der Waals surface area contributed by atoms with Gasteiger partial charge in [0.05, 0.1) is 0 Å². The number of carbonyl (C=O) groups excluding carboxylic acids is 1. The minimum Gasteiger partial charge on any atom is -0.311 e. The maximum Gasteiger partial charge on any atom is 0.194 e. The quantitative estimate of drug-likeness (QED) is 0.168. The molecule has 5 aromatic rings. The number of carbonyl (C=O) groups is 1. The first kappa shape index (κ1) is 24.8. The molecule has 40 heavy (non-hydrogen) atoms. The molecular weight excluding hydrogens is 510 g/mol. The third-order valence-electron chi connectivity index (χ3n) is 6.78. The maximum atomic E-state index is 13.2. The SMILES string of the molecule is N#CC(C#N)=C1/C(=C\c2ccc(-c3ccc(N(c4ccccc4)c4ccccc4)cc3)s2)C(=O)c2ccccc21. The van der Waals surface area contributed by atoms with Gasteiger partial charge < -0.3 is 4.90 Å². The number of nitrogens with zero attached hydrogens (tertiary/aromatic N) is 3. The highest BCUT2D eigenvalue weighted by Gasteiger charge is 2.32. The van der Waals surface area contributed by atoms with Crippen LogP contribution in [0.3, 0.4) is 0 Å². The van der Waals surface area contributed by atoms with Gasteiger partial charge in [-0.25, -0.2) is 0 Å². The monoisotopic (exact) mass is 531 g/mol. The van der Waals surface area contributed by atoms with Crippen LogP contribution in [-0.4, -0.2) is 5.78 Å². The number of rotatable bonds is 5. The third-order valence-corrected chi connectivity index (χ3v) is 7.86. The summed E-state index contributed by atoms with van der Waals surface area (Å²) in [5, 5.41) is 19.1. The summed E-state index contributed by atoms with van der Waals surface area (Å²) in [5.41, 5.74) is 6.13. The first-order valence-electron chi connectivity index (χ1n) is 12.7. The molecule has 188 valence electrons. The van der Waals surface area contributed by atoms with E-state index in [-0.39, 0.29) is 11.4 Å². The fraction of sp³-hybridized carbons (Fsp3) is 0. The second-order valence-corrected chi connectivity index (χ2v) is 10.3. The summed E-state index contributed by atoms with van der Waals surface area (Å²) in [6.07, 6.45) is 1.79. The molecule has 0 unspecified atom stereocenters. The van der Waals surface area contributed by atoms with E-state index >= 15 is 0 Å². The Hall–Kier alpha value is -5.49. The molecule has 0 N–H and O–H groups in total. The molecule has 1 aliphatic carbocycles.